The maximum absolute atomic E-state index is 12.6. The Labute approximate surface area is 181 Å². The Hall–Kier alpha value is -4.04. The summed E-state index contributed by atoms with van der Waals surface area (Å²) in [7, 11) is 0. The van der Waals surface area contributed by atoms with Crippen molar-refractivity contribution in [3.63, 3.8) is 0 Å². The summed E-state index contributed by atoms with van der Waals surface area (Å²) in [5.74, 6) is 0.0842. The van der Waals surface area contributed by atoms with E-state index in [1.54, 1.807) is 24.3 Å². The van der Waals surface area contributed by atoms with E-state index in [9.17, 15) is 10.1 Å². The molecule has 1 atom stereocenters. The van der Waals surface area contributed by atoms with E-state index in [4.69, 9.17) is 15.2 Å². The molecule has 0 amide bonds. The minimum absolute atomic E-state index is 0.0574. The monoisotopic (exact) mass is 410 g/mol. The van der Waals surface area contributed by atoms with Crippen molar-refractivity contribution in [3.05, 3.63) is 106 Å². The molecule has 3 aromatic carbocycles. The van der Waals surface area contributed by atoms with Gasteiger partial charge < -0.3 is 15.2 Å². The van der Waals surface area contributed by atoms with Gasteiger partial charge in [-0.25, -0.2) is 4.79 Å². The fraction of sp³-hybridized carbons (Fsp3) is 0.154. The van der Waals surface area contributed by atoms with Crippen molar-refractivity contribution in [2.75, 3.05) is 0 Å². The van der Waals surface area contributed by atoms with Crippen molar-refractivity contribution in [1.82, 2.24) is 0 Å². The Morgan fingerprint density at radius 1 is 1.13 bits per heavy atom. The van der Waals surface area contributed by atoms with Crippen LogP contribution in [-0.4, -0.2) is 5.97 Å². The SMILES string of the molecule is CCc1ccc(C2C(C#N)=C(N)Oc3cc(OC(=O)c4ccccc4C)ccc32)cc1. The summed E-state index contributed by atoms with van der Waals surface area (Å²) in [5, 5.41) is 9.71. The van der Waals surface area contributed by atoms with Crippen LogP contribution >= 0.6 is 0 Å². The number of allylic oxidation sites excluding steroid dienone is 1. The lowest BCUT2D eigenvalue weighted by atomic mass is 9.83. The van der Waals surface area contributed by atoms with Crippen molar-refractivity contribution in [3.8, 4) is 17.6 Å². The number of benzene rings is 3. The molecule has 0 fully saturated rings. The van der Waals surface area contributed by atoms with Crippen LogP contribution in [0.2, 0.25) is 0 Å². The zero-order chi connectivity index (χ0) is 22.0. The van der Waals surface area contributed by atoms with Gasteiger partial charge in [-0.05, 0) is 42.2 Å². The third-order valence-electron chi connectivity index (χ3n) is 5.49. The Kier molecular flexibility index (Phi) is 5.46. The van der Waals surface area contributed by atoms with Gasteiger partial charge in [-0.15, -0.1) is 0 Å². The van der Waals surface area contributed by atoms with Crippen LogP contribution in [0.1, 0.15) is 45.5 Å². The first-order valence-corrected chi connectivity index (χ1v) is 10.1. The van der Waals surface area contributed by atoms with E-state index in [1.165, 1.54) is 5.56 Å². The Balaban J connectivity index is 1.69. The number of hydrogen-bond donors (Lipinski definition) is 1. The van der Waals surface area contributed by atoms with Gasteiger partial charge in [0.1, 0.15) is 23.1 Å². The summed E-state index contributed by atoms with van der Waals surface area (Å²) in [6.07, 6.45) is 0.934. The van der Waals surface area contributed by atoms with Crippen LogP contribution in [0.4, 0.5) is 0 Å². The van der Waals surface area contributed by atoms with Gasteiger partial charge in [-0.3, -0.25) is 0 Å². The summed E-state index contributed by atoms with van der Waals surface area (Å²) in [6, 6.07) is 22.7. The number of carbonyl (C=O) groups excluding carboxylic acids is 1. The summed E-state index contributed by atoms with van der Waals surface area (Å²) < 4.78 is 11.3. The molecule has 0 radical (unpaired) electrons. The zero-order valence-corrected chi connectivity index (χ0v) is 17.4. The molecular weight excluding hydrogens is 388 g/mol. The van der Waals surface area contributed by atoms with Crippen molar-refractivity contribution in [1.29, 1.82) is 5.26 Å². The number of rotatable bonds is 4. The molecule has 4 rings (SSSR count). The number of aryl methyl sites for hydroxylation is 2. The molecule has 31 heavy (non-hydrogen) atoms. The first kappa shape index (κ1) is 20.2. The van der Waals surface area contributed by atoms with Crippen molar-refractivity contribution in [2.45, 2.75) is 26.2 Å². The van der Waals surface area contributed by atoms with Gasteiger partial charge in [-0.2, -0.15) is 5.26 Å². The molecule has 1 aliphatic rings. The van der Waals surface area contributed by atoms with Crippen molar-refractivity contribution < 1.29 is 14.3 Å². The molecule has 2 N–H and O–H groups in total. The molecule has 154 valence electrons. The molecule has 0 saturated carbocycles. The second-order valence-electron chi connectivity index (χ2n) is 7.42. The van der Waals surface area contributed by atoms with E-state index in [0.717, 1.165) is 23.1 Å². The van der Waals surface area contributed by atoms with Gasteiger partial charge >= 0.3 is 5.97 Å². The quantitative estimate of drug-likeness (QED) is 0.483. The molecule has 0 aliphatic carbocycles. The van der Waals surface area contributed by atoms with Crippen molar-refractivity contribution in [2.24, 2.45) is 5.73 Å². The molecule has 0 spiro atoms. The molecule has 0 bridgehead atoms. The third-order valence-corrected chi connectivity index (χ3v) is 5.49. The number of hydrogen-bond acceptors (Lipinski definition) is 5. The highest BCUT2D eigenvalue weighted by Gasteiger charge is 2.31. The van der Waals surface area contributed by atoms with Gasteiger partial charge in [0.05, 0.1) is 11.5 Å². The number of nitriles is 1. The van der Waals surface area contributed by atoms with E-state index in [2.05, 4.69) is 13.0 Å². The number of esters is 1. The highest BCUT2D eigenvalue weighted by atomic mass is 16.5. The molecule has 5 heteroatoms. The van der Waals surface area contributed by atoms with Crippen LogP contribution in [0, 0.1) is 18.3 Å². The number of nitrogens with two attached hydrogens (primary N) is 1. The molecular formula is C26H22N2O3. The Bertz CT molecular complexity index is 1220. The van der Waals surface area contributed by atoms with Crippen LogP contribution in [0.25, 0.3) is 0 Å². The normalized spacial score (nSPS) is 14.9. The minimum atomic E-state index is -0.443. The predicted octanol–water partition coefficient (Wildman–Crippen LogP) is 4.99. The fourth-order valence-electron chi connectivity index (χ4n) is 3.75. The van der Waals surface area contributed by atoms with Crippen LogP contribution < -0.4 is 15.2 Å². The van der Waals surface area contributed by atoms with Gasteiger partial charge in [-0.1, -0.05) is 55.5 Å². The van der Waals surface area contributed by atoms with E-state index in [0.29, 0.717) is 22.6 Å². The second-order valence-corrected chi connectivity index (χ2v) is 7.42. The molecule has 5 nitrogen and oxygen atoms in total. The van der Waals surface area contributed by atoms with Crippen LogP contribution in [0.15, 0.2) is 78.2 Å². The molecule has 1 heterocycles. The van der Waals surface area contributed by atoms with E-state index < -0.39 is 5.97 Å². The highest BCUT2D eigenvalue weighted by molar-refractivity contribution is 5.92. The summed E-state index contributed by atoms with van der Waals surface area (Å²) in [4.78, 5) is 12.6. The molecule has 1 unspecified atom stereocenters. The number of nitrogens with zero attached hydrogens (tertiary/aromatic N) is 1. The average molecular weight is 410 g/mol. The molecule has 1 aliphatic heterocycles. The Morgan fingerprint density at radius 2 is 1.87 bits per heavy atom. The van der Waals surface area contributed by atoms with Crippen LogP contribution in [0.3, 0.4) is 0 Å². The Morgan fingerprint density at radius 3 is 2.55 bits per heavy atom. The topological polar surface area (TPSA) is 85.3 Å². The number of carbonyl (C=O) groups is 1. The van der Waals surface area contributed by atoms with Gasteiger partial charge in [0.2, 0.25) is 5.88 Å². The number of ether oxygens (including phenoxy) is 2. The fourth-order valence-corrected chi connectivity index (χ4v) is 3.75. The van der Waals surface area contributed by atoms with Crippen molar-refractivity contribution >= 4 is 5.97 Å². The van der Waals surface area contributed by atoms with Gasteiger partial charge in [0.15, 0.2) is 0 Å². The van der Waals surface area contributed by atoms with E-state index >= 15 is 0 Å². The molecule has 0 saturated heterocycles. The standard InChI is InChI=1S/C26H22N2O3/c1-3-17-8-10-18(11-9-17)24-21-13-12-19(14-23(21)31-25(28)22(24)15-27)30-26(29)20-7-5-4-6-16(20)2/h4-14,24H,3,28H2,1-2H3. The molecule has 3 aromatic rings. The minimum Gasteiger partial charge on any atom is -0.440 e. The summed E-state index contributed by atoms with van der Waals surface area (Å²) >= 11 is 0. The average Bonchev–Trinajstić information content (AvgIpc) is 2.78. The smallest absolute Gasteiger partial charge is 0.343 e. The molecule has 0 aromatic heterocycles. The highest BCUT2D eigenvalue weighted by Crippen LogP contribution is 2.43. The van der Waals surface area contributed by atoms with E-state index in [1.807, 2.05) is 49.4 Å². The first-order chi connectivity index (χ1) is 15.0. The predicted molar refractivity (Wildman–Crippen MR) is 118 cm³/mol. The largest absolute Gasteiger partial charge is 0.440 e. The van der Waals surface area contributed by atoms with Crippen LogP contribution in [0.5, 0.6) is 11.5 Å². The summed E-state index contributed by atoms with van der Waals surface area (Å²) in [5.41, 5.74) is 10.7. The lowest BCUT2D eigenvalue weighted by Gasteiger charge is -2.27. The second kappa shape index (κ2) is 8.37. The maximum atomic E-state index is 12.6. The number of fused-ring (bicyclic) bond motifs is 1. The third kappa shape index (κ3) is 3.88. The lowest BCUT2D eigenvalue weighted by molar-refractivity contribution is 0.0733. The lowest BCUT2D eigenvalue weighted by Crippen LogP contribution is -2.21. The van der Waals surface area contributed by atoms with Crippen LogP contribution in [-0.2, 0) is 6.42 Å². The van der Waals surface area contributed by atoms with Gasteiger partial charge in [0, 0.05) is 11.6 Å². The zero-order valence-electron chi connectivity index (χ0n) is 17.4. The van der Waals surface area contributed by atoms with Gasteiger partial charge in [0.25, 0.3) is 0 Å². The summed E-state index contributed by atoms with van der Waals surface area (Å²) in [6.45, 7) is 3.95. The first-order valence-electron chi connectivity index (χ1n) is 10.1. The maximum Gasteiger partial charge on any atom is 0.343 e. The van der Waals surface area contributed by atoms with E-state index in [-0.39, 0.29) is 11.8 Å².